The van der Waals surface area contributed by atoms with Gasteiger partial charge in [-0.05, 0) is 56.8 Å². The van der Waals surface area contributed by atoms with Gasteiger partial charge in [-0.2, -0.15) is 0 Å². The highest BCUT2D eigenvalue weighted by molar-refractivity contribution is 5.98. The van der Waals surface area contributed by atoms with E-state index in [1.54, 1.807) is 0 Å². The number of aryl methyl sites for hydroxylation is 2. The molecule has 2 saturated carbocycles. The average Bonchev–Trinajstić information content (AvgIpc) is 3.26. The van der Waals surface area contributed by atoms with Gasteiger partial charge in [0, 0.05) is 25.6 Å². The van der Waals surface area contributed by atoms with Crippen molar-refractivity contribution < 1.29 is 9.59 Å². The van der Waals surface area contributed by atoms with E-state index >= 15 is 0 Å². The molecule has 3 heterocycles. The van der Waals surface area contributed by atoms with Crippen molar-refractivity contribution in [3.05, 3.63) is 11.6 Å². The second-order valence-electron chi connectivity index (χ2n) is 8.53. The van der Waals surface area contributed by atoms with Crippen LogP contribution in [-0.4, -0.2) is 44.2 Å². The summed E-state index contributed by atoms with van der Waals surface area (Å²) in [5, 5.41) is 11.5. The van der Waals surface area contributed by atoms with Crippen molar-refractivity contribution in [3.63, 3.8) is 0 Å². The number of amides is 3. The van der Waals surface area contributed by atoms with Gasteiger partial charge in [0.05, 0.1) is 5.92 Å². The van der Waals surface area contributed by atoms with Crippen molar-refractivity contribution in [3.8, 4) is 0 Å². The fourth-order valence-corrected chi connectivity index (χ4v) is 5.08. The Kier molecular flexibility index (Phi) is 3.24. The first kappa shape index (κ1) is 15.3. The Labute approximate surface area is 147 Å². The van der Waals surface area contributed by atoms with Crippen LogP contribution in [0.4, 0.5) is 4.79 Å². The number of fused-ring (bicyclic) bond motifs is 2. The van der Waals surface area contributed by atoms with E-state index in [4.69, 9.17) is 0 Å². The van der Waals surface area contributed by atoms with Gasteiger partial charge in [-0.1, -0.05) is 0 Å². The summed E-state index contributed by atoms with van der Waals surface area (Å²) in [6, 6.07) is -0.134. The second-order valence-corrected chi connectivity index (χ2v) is 8.53. The lowest BCUT2D eigenvalue weighted by molar-refractivity contribution is -0.138. The summed E-state index contributed by atoms with van der Waals surface area (Å²) in [6.45, 7) is 3.26. The molecule has 3 amide bonds. The van der Waals surface area contributed by atoms with E-state index in [0.717, 1.165) is 43.9 Å². The lowest BCUT2D eigenvalue weighted by atomic mass is 9.74. The van der Waals surface area contributed by atoms with Crippen LogP contribution >= 0.6 is 0 Å². The predicted octanol–water partition coefficient (Wildman–Crippen LogP) is 1.65. The van der Waals surface area contributed by atoms with Crippen molar-refractivity contribution >= 4 is 11.9 Å². The Morgan fingerprint density at radius 3 is 2.84 bits per heavy atom. The van der Waals surface area contributed by atoms with E-state index in [2.05, 4.69) is 20.1 Å². The summed E-state index contributed by atoms with van der Waals surface area (Å²) in [6.07, 6.45) is 7.43. The zero-order valence-electron chi connectivity index (χ0n) is 14.7. The van der Waals surface area contributed by atoms with Crippen LogP contribution in [0.1, 0.15) is 50.2 Å². The molecular formula is C18H25N5O2. The topological polar surface area (TPSA) is 80.1 Å². The molecule has 1 aromatic heterocycles. The van der Waals surface area contributed by atoms with Gasteiger partial charge < -0.3 is 9.88 Å². The third-order valence-corrected chi connectivity index (χ3v) is 6.89. The molecule has 0 radical (unpaired) electrons. The van der Waals surface area contributed by atoms with Crippen molar-refractivity contribution in [2.75, 3.05) is 6.54 Å². The number of urea groups is 1. The molecule has 4 aliphatic rings. The van der Waals surface area contributed by atoms with E-state index in [9.17, 15) is 9.59 Å². The summed E-state index contributed by atoms with van der Waals surface area (Å²) in [7, 11) is 0. The van der Waals surface area contributed by atoms with Gasteiger partial charge >= 0.3 is 6.03 Å². The standard InChI is InChI=1S/C18H25N5O2/c1-11-20-21-15-3-2-12(9-22(11)15)10-23-16(24)13-8-18(6-7-18)5-4-14(13)19-17(23)25/h12-14H,2-10H2,1H3,(H,19,25)/t12?,13-,14+/m0/s1. The number of nitrogens with one attached hydrogen (secondary N) is 1. The fourth-order valence-electron chi connectivity index (χ4n) is 5.08. The van der Waals surface area contributed by atoms with Gasteiger partial charge in [0.2, 0.25) is 5.91 Å². The van der Waals surface area contributed by atoms with E-state index in [1.807, 2.05) is 6.92 Å². The first-order chi connectivity index (χ1) is 12.0. The molecule has 0 aromatic carbocycles. The number of imide groups is 1. The minimum absolute atomic E-state index is 0.00949. The van der Waals surface area contributed by atoms with E-state index < -0.39 is 0 Å². The first-order valence-corrected chi connectivity index (χ1v) is 9.55. The lowest BCUT2D eigenvalue weighted by Gasteiger charge is -2.43. The zero-order valence-corrected chi connectivity index (χ0v) is 14.7. The molecular weight excluding hydrogens is 318 g/mol. The highest BCUT2D eigenvalue weighted by Gasteiger charge is 2.53. The van der Waals surface area contributed by atoms with Crippen LogP contribution in [0.2, 0.25) is 0 Å². The maximum absolute atomic E-state index is 13.1. The summed E-state index contributed by atoms with van der Waals surface area (Å²) >= 11 is 0. The molecule has 1 N–H and O–H groups in total. The Hall–Kier alpha value is -1.92. The number of hydrogen-bond donors (Lipinski definition) is 1. The molecule has 134 valence electrons. The molecule has 3 fully saturated rings. The van der Waals surface area contributed by atoms with Crippen LogP contribution in [0.25, 0.3) is 0 Å². The molecule has 1 unspecified atom stereocenters. The fraction of sp³-hybridized carbons (Fsp3) is 0.778. The maximum atomic E-state index is 13.1. The lowest BCUT2D eigenvalue weighted by Crippen LogP contribution is -2.62. The van der Waals surface area contributed by atoms with Gasteiger partial charge in [-0.15, -0.1) is 10.2 Å². The number of nitrogens with zero attached hydrogens (tertiary/aromatic N) is 4. The molecule has 1 aromatic rings. The minimum Gasteiger partial charge on any atom is -0.334 e. The van der Waals surface area contributed by atoms with Crippen LogP contribution in [0.15, 0.2) is 0 Å². The molecule has 0 bridgehead atoms. The van der Waals surface area contributed by atoms with Crippen molar-refractivity contribution in [2.24, 2.45) is 17.3 Å². The van der Waals surface area contributed by atoms with Gasteiger partial charge in [0.25, 0.3) is 0 Å². The van der Waals surface area contributed by atoms with E-state index in [1.165, 1.54) is 24.2 Å². The van der Waals surface area contributed by atoms with Crippen molar-refractivity contribution in [2.45, 2.75) is 64.5 Å². The zero-order chi connectivity index (χ0) is 17.2. The molecule has 1 saturated heterocycles. The number of aromatic nitrogens is 3. The maximum Gasteiger partial charge on any atom is 0.324 e. The monoisotopic (exact) mass is 343 g/mol. The van der Waals surface area contributed by atoms with Crippen LogP contribution in [-0.2, 0) is 17.8 Å². The van der Waals surface area contributed by atoms with Gasteiger partial charge in [-0.3, -0.25) is 9.69 Å². The number of rotatable bonds is 2. The normalized spacial score (nSPS) is 33.0. The van der Waals surface area contributed by atoms with Gasteiger partial charge in [0.1, 0.15) is 11.6 Å². The number of carbonyl (C=O) groups excluding carboxylic acids is 2. The summed E-state index contributed by atoms with van der Waals surface area (Å²) in [5.74, 6) is 2.27. The van der Waals surface area contributed by atoms with E-state index in [-0.39, 0.29) is 29.8 Å². The van der Waals surface area contributed by atoms with Gasteiger partial charge in [-0.25, -0.2) is 4.79 Å². The quantitative estimate of drug-likeness (QED) is 0.885. The number of hydrogen-bond acceptors (Lipinski definition) is 4. The third-order valence-electron chi connectivity index (χ3n) is 6.89. The van der Waals surface area contributed by atoms with Crippen LogP contribution in [0, 0.1) is 24.2 Å². The van der Waals surface area contributed by atoms with Crippen molar-refractivity contribution in [1.29, 1.82) is 0 Å². The third kappa shape index (κ3) is 2.47. The molecule has 5 rings (SSSR count). The Balaban J connectivity index is 1.31. The highest BCUT2D eigenvalue weighted by atomic mass is 16.2. The molecule has 1 spiro atoms. The smallest absolute Gasteiger partial charge is 0.324 e. The Morgan fingerprint density at radius 2 is 2.04 bits per heavy atom. The van der Waals surface area contributed by atoms with Crippen LogP contribution in [0.3, 0.4) is 0 Å². The molecule has 25 heavy (non-hydrogen) atoms. The summed E-state index contributed by atoms with van der Waals surface area (Å²) in [4.78, 5) is 27.1. The van der Waals surface area contributed by atoms with Crippen LogP contribution in [0.5, 0.6) is 0 Å². The molecule has 7 heteroatoms. The molecule has 2 aliphatic carbocycles. The first-order valence-electron chi connectivity index (χ1n) is 9.55. The second kappa shape index (κ2) is 5.29. The highest BCUT2D eigenvalue weighted by Crippen LogP contribution is 2.58. The van der Waals surface area contributed by atoms with E-state index in [0.29, 0.717) is 12.0 Å². The van der Waals surface area contributed by atoms with Crippen LogP contribution < -0.4 is 5.32 Å². The molecule has 7 nitrogen and oxygen atoms in total. The predicted molar refractivity (Wildman–Crippen MR) is 89.6 cm³/mol. The van der Waals surface area contributed by atoms with Gasteiger partial charge in [0.15, 0.2) is 0 Å². The largest absolute Gasteiger partial charge is 0.334 e. The Morgan fingerprint density at radius 1 is 1.20 bits per heavy atom. The molecule has 3 atom stereocenters. The Bertz CT molecular complexity index is 738. The molecule has 2 aliphatic heterocycles. The minimum atomic E-state index is -0.190. The SMILES string of the molecule is Cc1nnc2n1CC(CN1C(=O)N[C@@H]3CCC4(CC4)C[C@@H]3C1=O)CC2. The van der Waals surface area contributed by atoms with Crippen molar-refractivity contribution in [1.82, 2.24) is 25.0 Å². The average molecular weight is 343 g/mol. The summed E-state index contributed by atoms with van der Waals surface area (Å²) < 4.78 is 2.13. The number of carbonyl (C=O) groups is 2. The summed E-state index contributed by atoms with van der Waals surface area (Å²) in [5.41, 5.74) is 0.421.